The zero-order valence-electron chi connectivity index (χ0n) is 13.0. The maximum Gasteiger partial charge on any atom is 0.238 e. The van der Waals surface area contributed by atoms with Gasteiger partial charge in [-0.05, 0) is 31.9 Å². The summed E-state index contributed by atoms with van der Waals surface area (Å²) < 4.78 is 32.3. The van der Waals surface area contributed by atoms with Gasteiger partial charge in [0.1, 0.15) is 17.2 Å². The molecule has 1 aliphatic rings. The van der Waals surface area contributed by atoms with Crippen molar-refractivity contribution in [1.29, 1.82) is 0 Å². The summed E-state index contributed by atoms with van der Waals surface area (Å²) in [5, 5.41) is 4.33. The van der Waals surface area contributed by atoms with Crippen molar-refractivity contribution >= 4 is 27.5 Å². The standard InChI is InChI=1S/C16H20N2O3S2/c1-12-10-13(17-21-12)11-23(19,20)18-15-8-4-5-9-16(15)22-14-6-2-3-7-14/h4-5,8-10,14,18H,2-3,6-7,11H2,1H3. The summed E-state index contributed by atoms with van der Waals surface area (Å²) in [4.78, 5) is 0.985. The Morgan fingerprint density at radius 1 is 1.30 bits per heavy atom. The lowest BCUT2D eigenvalue weighted by Gasteiger charge is -2.14. The molecule has 1 aromatic heterocycles. The molecule has 5 nitrogen and oxygen atoms in total. The Hall–Kier alpha value is -1.47. The Morgan fingerprint density at radius 2 is 2.04 bits per heavy atom. The van der Waals surface area contributed by atoms with E-state index in [-0.39, 0.29) is 5.75 Å². The van der Waals surface area contributed by atoms with E-state index in [1.165, 1.54) is 25.7 Å². The van der Waals surface area contributed by atoms with Gasteiger partial charge in [0.25, 0.3) is 0 Å². The number of thioether (sulfide) groups is 1. The fourth-order valence-corrected chi connectivity index (χ4v) is 5.23. The highest BCUT2D eigenvalue weighted by atomic mass is 32.2. The predicted octanol–water partition coefficient (Wildman–Crippen LogP) is 3.96. The number of anilines is 1. The monoisotopic (exact) mass is 352 g/mol. The van der Waals surface area contributed by atoms with E-state index in [0.29, 0.717) is 22.4 Å². The molecular formula is C16H20N2O3S2. The highest BCUT2D eigenvalue weighted by Crippen LogP contribution is 2.38. The number of rotatable bonds is 6. The van der Waals surface area contributed by atoms with Crippen LogP contribution < -0.4 is 4.72 Å². The molecule has 0 saturated heterocycles. The van der Waals surface area contributed by atoms with Gasteiger partial charge in [-0.25, -0.2) is 8.42 Å². The van der Waals surface area contributed by atoms with Gasteiger partial charge >= 0.3 is 0 Å². The van der Waals surface area contributed by atoms with Crippen LogP contribution in [0.2, 0.25) is 0 Å². The van der Waals surface area contributed by atoms with Crippen molar-refractivity contribution < 1.29 is 12.9 Å². The molecule has 1 heterocycles. The van der Waals surface area contributed by atoms with Gasteiger partial charge in [-0.2, -0.15) is 0 Å². The third kappa shape index (κ3) is 4.51. The first kappa shape index (κ1) is 16.4. The van der Waals surface area contributed by atoms with Crippen LogP contribution in [-0.4, -0.2) is 18.8 Å². The van der Waals surface area contributed by atoms with Crippen molar-refractivity contribution in [2.75, 3.05) is 4.72 Å². The number of nitrogens with zero attached hydrogens (tertiary/aromatic N) is 1. The summed E-state index contributed by atoms with van der Waals surface area (Å²) in [7, 11) is -3.52. The average molecular weight is 352 g/mol. The summed E-state index contributed by atoms with van der Waals surface area (Å²) in [5.74, 6) is 0.416. The molecule has 0 radical (unpaired) electrons. The second-order valence-electron chi connectivity index (χ2n) is 5.81. The Bertz CT molecular complexity index is 765. The molecule has 0 bridgehead atoms. The van der Waals surface area contributed by atoms with E-state index in [1.807, 2.05) is 24.3 Å². The molecule has 0 aliphatic heterocycles. The van der Waals surface area contributed by atoms with Crippen LogP contribution in [0.5, 0.6) is 0 Å². The van der Waals surface area contributed by atoms with E-state index in [1.54, 1.807) is 24.8 Å². The third-order valence-corrected chi connectivity index (χ3v) is 6.38. The second-order valence-corrected chi connectivity index (χ2v) is 8.88. The smallest absolute Gasteiger partial charge is 0.238 e. The molecule has 1 fully saturated rings. The number of para-hydroxylation sites is 1. The van der Waals surface area contributed by atoms with Crippen LogP contribution >= 0.6 is 11.8 Å². The third-order valence-electron chi connectivity index (χ3n) is 3.76. The van der Waals surface area contributed by atoms with E-state index < -0.39 is 10.0 Å². The Balaban J connectivity index is 1.73. The molecule has 1 aliphatic carbocycles. The molecule has 1 saturated carbocycles. The van der Waals surface area contributed by atoms with Crippen LogP contribution in [0.25, 0.3) is 0 Å². The van der Waals surface area contributed by atoms with Gasteiger partial charge in [-0.1, -0.05) is 30.1 Å². The van der Waals surface area contributed by atoms with Gasteiger partial charge in [0.15, 0.2) is 0 Å². The van der Waals surface area contributed by atoms with Gasteiger partial charge in [0.05, 0.1) is 5.69 Å². The van der Waals surface area contributed by atoms with Gasteiger partial charge in [0.2, 0.25) is 10.0 Å². The average Bonchev–Trinajstić information content (AvgIpc) is 3.12. The van der Waals surface area contributed by atoms with Crippen LogP contribution in [0.15, 0.2) is 39.8 Å². The molecule has 23 heavy (non-hydrogen) atoms. The lowest BCUT2D eigenvalue weighted by atomic mass is 10.3. The topological polar surface area (TPSA) is 72.2 Å². The Morgan fingerprint density at radius 3 is 2.74 bits per heavy atom. The minimum absolute atomic E-state index is 0.188. The van der Waals surface area contributed by atoms with E-state index in [9.17, 15) is 8.42 Å². The molecular weight excluding hydrogens is 332 g/mol. The van der Waals surface area contributed by atoms with Crippen LogP contribution in [-0.2, 0) is 15.8 Å². The highest BCUT2D eigenvalue weighted by molar-refractivity contribution is 8.00. The minimum atomic E-state index is -3.52. The summed E-state index contributed by atoms with van der Waals surface area (Å²) in [6.45, 7) is 1.74. The molecule has 0 spiro atoms. The normalized spacial score (nSPS) is 15.9. The molecule has 1 N–H and O–H groups in total. The molecule has 0 atom stereocenters. The van der Waals surface area contributed by atoms with Gasteiger partial charge in [-0.3, -0.25) is 4.72 Å². The number of hydrogen-bond acceptors (Lipinski definition) is 5. The van der Waals surface area contributed by atoms with Crippen molar-refractivity contribution in [1.82, 2.24) is 5.16 Å². The number of hydrogen-bond donors (Lipinski definition) is 1. The summed E-state index contributed by atoms with van der Waals surface area (Å²) in [5.41, 5.74) is 1.06. The van der Waals surface area contributed by atoms with Gasteiger partial charge < -0.3 is 4.52 Å². The maximum atomic E-state index is 12.4. The van der Waals surface area contributed by atoms with E-state index in [2.05, 4.69) is 9.88 Å². The fourth-order valence-electron chi connectivity index (χ4n) is 2.72. The fraction of sp³-hybridized carbons (Fsp3) is 0.438. The van der Waals surface area contributed by atoms with E-state index in [4.69, 9.17) is 4.52 Å². The molecule has 2 aromatic rings. The molecule has 7 heteroatoms. The Kier molecular flexibility index (Phi) is 4.96. The first-order valence-electron chi connectivity index (χ1n) is 7.70. The Labute approximate surface area is 140 Å². The number of benzene rings is 1. The number of nitrogens with one attached hydrogen (secondary N) is 1. The number of aryl methyl sites for hydroxylation is 1. The van der Waals surface area contributed by atoms with Crippen molar-refractivity contribution in [3.63, 3.8) is 0 Å². The van der Waals surface area contributed by atoms with E-state index >= 15 is 0 Å². The van der Waals surface area contributed by atoms with Crippen LogP contribution in [0.4, 0.5) is 5.69 Å². The molecule has 0 amide bonds. The van der Waals surface area contributed by atoms with Crippen molar-refractivity contribution in [3.8, 4) is 0 Å². The van der Waals surface area contributed by atoms with Gasteiger partial charge in [-0.15, -0.1) is 11.8 Å². The maximum absolute atomic E-state index is 12.4. The number of sulfonamides is 1. The van der Waals surface area contributed by atoms with Crippen LogP contribution in [0.1, 0.15) is 37.1 Å². The van der Waals surface area contributed by atoms with Crippen molar-refractivity contribution in [3.05, 3.63) is 41.8 Å². The molecule has 0 unspecified atom stereocenters. The molecule has 124 valence electrons. The second kappa shape index (κ2) is 6.97. The van der Waals surface area contributed by atoms with Crippen LogP contribution in [0.3, 0.4) is 0 Å². The van der Waals surface area contributed by atoms with E-state index in [0.717, 1.165) is 4.90 Å². The predicted molar refractivity (Wildman–Crippen MR) is 92.0 cm³/mol. The number of aromatic nitrogens is 1. The lowest BCUT2D eigenvalue weighted by molar-refractivity contribution is 0.392. The zero-order valence-corrected chi connectivity index (χ0v) is 14.6. The van der Waals surface area contributed by atoms with Gasteiger partial charge in [0, 0.05) is 16.2 Å². The SMILES string of the molecule is Cc1cc(CS(=O)(=O)Nc2ccccc2SC2CCCC2)no1. The van der Waals surface area contributed by atoms with Crippen LogP contribution in [0, 0.1) is 6.92 Å². The molecule has 1 aromatic carbocycles. The zero-order chi connectivity index (χ0) is 16.3. The highest BCUT2D eigenvalue weighted by Gasteiger charge is 2.20. The van der Waals surface area contributed by atoms with Crippen molar-refractivity contribution in [2.24, 2.45) is 0 Å². The first-order valence-corrected chi connectivity index (χ1v) is 10.2. The largest absolute Gasteiger partial charge is 0.361 e. The summed E-state index contributed by atoms with van der Waals surface area (Å²) >= 11 is 1.77. The first-order chi connectivity index (χ1) is 11.0. The lowest BCUT2D eigenvalue weighted by Crippen LogP contribution is -2.16. The van der Waals surface area contributed by atoms with Crippen molar-refractivity contribution in [2.45, 2.75) is 48.5 Å². The summed E-state index contributed by atoms with van der Waals surface area (Å²) in [6.07, 6.45) is 4.92. The molecule has 3 rings (SSSR count). The minimum Gasteiger partial charge on any atom is -0.361 e. The summed E-state index contributed by atoms with van der Waals surface area (Å²) in [6, 6.07) is 9.20. The quantitative estimate of drug-likeness (QED) is 0.852.